The van der Waals surface area contributed by atoms with E-state index in [1.807, 2.05) is 0 Å². The Morgan fingerprint density at radius 2 is 2.17 bits per heavy atom. The maximum absolute atomic E-state index is 12.1. The molecule has 0 fully saturated rings. The van der Waals surface area contributed by atoms with Gasteiger partial charge in [-0.1, -0.05) is 0 Å². The summed E-state index contributed by atoms with van der Waals surface area (Å²) < 4.78 is 0. The minimum atomic E-state index is -0.428. The topological polar surface area (TPSA) is 112 Å². The van der Waals surface area contributed by atoms with Crippen LogP contribution in [0.1, 0.15) is 29.6 Å². The summed E-state index contributed by atoms with van der Waals surface area (Å²) in [6, 6.07) is 1.48. The molecule has 23 heavy (non-hydrogen) atoms. The van der Waals surface area contributed by atoms with Crippen molar-refractivity contribution in [2.45, 2.75) is 24.9 Å². The highest BCUT2D eigenvalue weighted by atomic mass is 16.1. The third kappa shape index (κ3) is 3.23. The predicted octanol–water partition coefficient (Wildman–Crippen LogP) is 1.01. The van der Waals surface area contributed by atoms with E-state index in [9.17, 15) is 9.59 Å². The first-order chi connectivity index (χ1) is 11.1. The van der Waals surface area contributed by atoms with E-state index >= 15 is 0 Å². The standard InChI is InChI=1S/C15H14N6O2/c1-2-3-4-15(20-21-15)5-6-16-13(22)10-7-11-12(17-8-10)18-9-19-14(11)23/h1,7-9H,3-6H2,(H,16,22)(H,17,18,19,23). The van der Waals surface area contributed by atoms with Crippen LogP contribution in [0.2, 0.25) is 0 Å². The quantitative estimate of drug-likeness (QED) is 0.775. The van der Waals surface area contributed by atoms with Gasteiger partial charge < -0.3 is 10.3 Å². The second kappa shape index (κ2) is 5.96. The summed E-state index contributed by atoms with van der Waals surface area (Å²) in [5.74, 6) is 2.25. The molecule has 8 nitrogen and oxygen atoms in total. The summed E-state index contributed by atoms with van der Waals surface area (Å²) >= 11 is 0. The van der Waals surface area contributed by atoms with E-state index in [1.54, 1.807) is 0 Å². The number of hydrogen-bond acceptors (Lipinski definition) is 6. The van der Waals surface area contributed by atoms with Crippen molar-refractivity contribution in [1.29, 1.82) is 0 Å². The Morgan fingerprint density at radius 1 is 1.35 bits per heavy atom. The van der Waals surface area contributed by atoms with Gasteiger partial charge in [-0.25, -0.2) is 9.97 Å². The number of carbonyl (C=O) groups excluding carboxylic acids is 1. The number of carbonyl (C=O) groups is 1. The lowest BCUT2D eigenvalue weighted by Gasteiger charge is -2.09. The third-order valence-electron chi connectivity index (χ3n) is 3.62. The van der Waals surface area contributed by atoms with Crippen molar-refractivity contribution in [3.8, 4) is 12.3 Å². The maximum atomic E-state index is 12.1. The average Bonchev–Trinajstić information content (AvgIpc) is 3.33. The zero-order chi connectivity index (χ0) is 16.3. The number of amides is 1. The van der Waals surface area contributed by atoms with Crippen molar-refractivity contribution in [3.05, 3.63) is 34.5 Å². The number of rotatable bonds is 6. The Morgan fingerprint density at radius 3 is 2.91 bits per heavy atom. The van der Waals surface area contributed by atoms with Gasteiger partial charge in [0.2, 0.25) is 0 Å². The van der Waals surface area contributed by atoms with Crippen LogP contribution in [0.15, 0.2) is 33.6 Å². The van der Waals surface area contributed by atoms with Gasteiger partial charge in [0.1, 0.15) is 0 Å². The highest BCUT2D eigenvalue weighted by Crippen LogP contribution is 2.36. The zero-order valence-electron chi connectivity index (χ0n) is 12.2. The summed E-state index contributed by atoms with van der Waals surface area (Å²) in [6.07, 6.45) is 9.79. The van der Waals surface area contributed by atoms with Crippen LogP contribution in [-0.4, -0.2) is 33.1 Å². The number of nitrogens with zero attached hydrogens (tertiary/aromatic N) is 4. The average molecular weight is 310 g/mol. The third-order valence-corrected chi connectivity index (χ3v) is 3.62. The van der Waals surface area contributed by atoms with Crippen molar-refractivity contribution < 1.29 is 4.79 Å². The van der Waals surface area contributed by atoms with Crippen LogP contribution in [0.25, 0.3) is 11.0 Å². The van der Waals surface area contributed by atoms with Crippen LogP contribution in [0.4, 0.5) is 0 Å². The second-order valence-electron chi connectivity index (χ2n) is 5.22. The molecule has 0 saturated carbocycles. The van der Waals surface area contributed by atoms with E-state index in [-0.39, 0.29) is 16.9 Å². The molecule has 8 heteroatoms. The molecule has 3 heterocycles. The van der Waals surface area contributed by atoms with Crippen molar-refractivity contribution in [1.82, 2.24) is 20.3 Å². The van der Waals surface area contributed by atoms with E-state index < -0.39 is 5.66 Å². The minimum Gasteiger partial charge on any atom is -0.352 e. The fraction of sp³-hybridized carbons (Fsp3) is 0.333. The number of pyridine rings is 1. The molecule has 3 rings (SSSR count). The van der Waals surface area contributed by atoms with E-state index in [0.29, 0.717) is 37.0 Å². The molecule has 0 spiro atoms. The SMILES string of the molecule is C#CCCC1(CCNC(=O)c2cnc3nc[nH]c(=O)c3c2)N=N1. The normalized spacial score (nSPS) is 14.4. The van der Waals surface area contributed by atoms with Crippen LogP contribution >= 0.6 is 0 Å². The molecule has 2 aromatic heterocycles. The van der Waals surface area contributed by atoms with Crippen LogP contribution in [-0.2, 0) is 0 Å². The van der Waals surface area contributed by atoms with Crippen LogP contribution < -0.4 is 10.9 Å². The fourth-order valence-corrected chi connectivity index (χ4v) is 2.23. The second-order valence-corrected chi connectivity index (χ2v) is 5.22. The minimum absolute atomic E-state index is 0.276. The lowest BCUT2D eigenvalue weighted by Crippen LogP contribution is -2.28. The lowest BCUT2D eigenvalue weighted by atomic mass is 10.0. The molecule has 116 valence electrons. The Balaban J connectivity index is 1.62. The molecule has 2 aromatic rings. The van der Waals surface area contributed by atoms with Gasteiger partial charge in [-0.05, 0) is 6.07 Å². The van der Waals surface area contributed by atoms with Gasteiger partial charge in [0, 0.05) is 32.0 Å². The lowest BCUT2D eigenvalue weighted by molar-refractivity contribution is 0.0951. The van der Waals surface area contributed by atoms with Gasteiger partial charge in [0.25, 0.3) is 11.5 Å². The summed E-state index contributed by atoms with van der Waals surface area (Å²) in [6.45, 7) is 0.415. The molecule has 1 aliphatic rings. The number of fused-ring (bicyclic) bond motifs is 1. The van der Waals surface area contributed by atoms with E-state index in [1.165, 1.54) is 18.6 Å². The van der Waals surface area contributed by atoms with Gasteiger partial charge >= 0.3 is 0 Å². The summed E-state index contributed by atoms with van der Waals surface area (Å²) in [7, 11) is 0. The number of terminal acetylenes is 1. The zero-order valence-corrected chi connectivity index (χ0v) is 12.2. The van der Waals surface area contributed by atoms with E-state index in [2.05, 4.69) is 36.4 Å². The summed E-state index contributed by atoms with van der Waals surface area (Å²) in [5, 5.41) is 11.1. The molecule has 2 N–H and O–H groups in total. The first-order valence-electron chi connectivity index (χ1n) is 7.13. The number of H-pyrrole nitrogens is 1. The van der Waals surface area contributed by atoms with Crippen molar-refractivity contribution in [3.63, 3.8) is 0 Å². The Kier molecular flexibility index (Phi) is 3.85. The summed E-state index contributed by atoms with van der Waals surface area (Å²) in [5.41, 5.74) is -0.157. The molecule has 0 atom stereocenters. The molecule has 1 aliphatic heterocycles. The molecule has 1 amide bonds. The Bertz CT molecular complexity index is 873. The molecule has 0 saturated heterocycles. The number of hydrogen-bond donors (Lipinski definition) is 2. The molecule has 0 aromatic carbocycles. The summed E-state index contributed by atoms with van der Waals surface area (Å²) in [4.78, 5) is 34.3. The van der Waals surface area contributed by atoms with Gasteiger partial charge in [-0.2, -0.15) is 10.2 Å². The largest absolute Gasteiger partial charge is 0.352 e. The van der Waals surface area contributed by atoms with Crippen LogP contribution in [0.3, 0.4) is 0 Å². The van der Waals surface area contributed by atoms with Crippen molar-refractivity contribution in [2.24, 2.45) is 10.2 Å². The molecule has 0 aliphatic carbocycles. The first kappa shape index (κ1) is 14.8. The van der Waals surface area contributed by atoms with Gasteiger partial charge in [-0.15, -0.1) is 12.3 Å². The number of nitrogens with one attached hydrogen (secondary N) is 2. The monoisotopic (exact) mass is 310 g/mol. The molecule has 0 bridgehead atoms. The number of aromatic nitrogens is 3. The number of aromatic amines is 1. The molecular weight excluding hydrogens is 296 g/mol. The van der Waals surface area contributed by atoms with Crippen LogP contribution in [0, 0.1) is 12.3 Å². The van der Waals surface area contributed by atoms with Crippen LogP contribution in [0.5, 0.6) is 0 Å². The Hall–Kier alpha value is -3.08. The first-order valence-corrected chi connectivity index (χ1v) is 7.13. The smallest absolute Gasteiger partial charge is 0.260 e. The van der Waals surface area contributed by atoms with E-state index in [4.69, 9.17) is 6.42 Å². The molecule has 0 unspecified atom stereocenters. The molecule has 0 radical (unpaired) electrons. The molecular formula is C15H14N6O2. The highest BCUT2D eigenvalue weighted by Gasteiger charge is 2.38. The fourth-order valence-electron chi connectivity index (χ4n) is 2.23. The van der Waals surface area contributed by atoms with Crippen molar-refractivity contribution >= 4 is 16.9 Å². The van der Waals surface area contributed by atoms with Gasteiger partial charge in [0.05, 0.1) is 17.3 Å². The van der Waals surface area contributed by atoms with Gasteiger partial charge in [0.15, 0.2) is 11.3 Å². The van der Waals surface area contributed by atoms with Gasteiger partial charge in [-0.3, -0.25) is 9.59 Å². The maximum Gasteiger partial charge on any atom is 0.260 e. The predicted molar refractivity (Wildman–Crippen MR) is 82.8 cm³/mol. The Labute approximate surface area is 131 Å². The van der Waals surface area contributed by atoms with Crippen molar-refractivity contribution in [2.75, 3.05) is 6.54 Å². The van der Waals surface area contributed by atoms with E-state index in [0.717, 1.165) is 0 Å². The highest BCUT2D eigenvalue weighted by molar-refractivity contribution is 5.96.